The smallest absolute Gasteiger partial charge is 0.307 e. The van der Waals surface area contributed by atoms with Crippen molar-refractivity contribution in [3.05, 3.63) is 53.3 Å². The number of carboxylic acids is 1. The number of methoxy groups -OCH3 is 1. The Kier molecular flexibility index (Phi) is 6.13. The quantitative estimate of drug-likeness (QED) is 0.749. The van der Waals surface area contributed by atoms with Gasteiger partial charge in [-0.3, -0.25) is 9.59 Å². The SMILES string of the molecule is COc1ccc(C(=O)Nc2ccc(CC(=O)O)c(F)c2)cc1OC1CCCC1. The van der Waals surface area contributed by atoms with E-state index in [0.29, 0.717) is 17.1 Å². The number of halogens is 1. The fourth-order valence-corrected chi connectivity index (χ4v) is 3.23. The normalized spacial score (nSPS) is 13.9. The van der Waals surface area contributed by atoms with E-state index < -0.39 is 24.1 Å². The average Bonchev–Trinajstić information content (AvgIpc) is 3.16. The number of nitrogens with one attached hydrogen (secondary N) is 1. The molecule has 0 saturated heterocycles. The molecular formula is C21H22FNO5. The van der Waals surface area contributed by atoms with Crippen LogP contribution >= 0.6 is 0 Å². The topological polar surface area (TPSA) is 84.9 Å². The molecule has 3 rings (SSSR count). The van der Waals surface area contributed by atoms with Gasteiger partial charge in [0, 0.05) is 11.3 Å². The summed E-state index contributed by atoms with van der Waals surface area (Å²) < 4.78 is 25.3. The van der Waals surface area contributed by atoms with E-state index in [9.17, 15) is 14.0 Å². The molecule has 1 aliphatic carbocycles. The Labute approximate surface area is 162 Å². The van der Waals surface area contributed by atoms with Gasteiger partial charge in [-0.1, -0.05) is 6.07 Å². The summed E-state index contributed by atoms with van der Waals surface area (Å²) >= 11 is 0. The first-order chi connectivity index (χ1) is 13.5. The van der Waals surface area contributed by atoms with Gasteiger partial charge in [0.15, 0.2) is 11.5 Å². The third-order valence-corrected chi connectivity index (χ3v) is 4.67. The lowest BCUT2D eigenvalue weighted by atomic mass is 10.1. The van der Waals surface area contributed by atoms with E-state index in [1.165, 1.54) is 19.2 Å². The highest BCUT2D eigenvalue weighted by atomic mass is 19.1. The maximum Gasteiger partial charge on any atom is 0.307 e. The summed E-state index contributed by atoms with van der Waals surface area (Å²) in [5.74, 6) is -1.18. The van der Waals surface area contributed by atoms with Crippen molar-refractivity contribution in [3.8, 4) is 11.5 Å². The van der Waals surface area contributed by atoms with Gasteiger partial charge in [0.25, 0.3) is 5.91 Å². The Morgan fingerprint density at radius 1 is 1.14 bits per heavy atom. The maximum absolute atomic E-state index is 14.0. The summed E-state index contributed by atoms with van der Waals surface area (Å²) in [5.41, 5.74) is 0.650. The highest BCUT2D eigenvalue weighted by Gasteiger charge is 2.20. The van der Waals surface area contributed by atoms with Gasteiger partial charge in [-0.05, 0) is 61.6 Å². The number of rotatable bonds is 7. The van der Waals surface area contributed by atoms with Crippen molar-refractivity contribution >= 4 is 17.6 Å². The van der Waals surface area contributed by atoms with E-state index in [2.05, 4.69) is 5.32 Å². The summed E-state index contributed by atoms with van der Waals surface area (Å²) in [7, 11) is 1.54. The van der Waals surface area contributed by atoms with Crippen molar-refractivity contribution < 1.29 is 28.6 Å². The Bertz CT molecular complexity index is 877. The number of carboxylic acid groups (broad SMARTS) is 1. The van der Waals surface area contributed by atoms with Crippen molar-refractivity contribution in [2.24, 2.45) is 0 Å². The molecule has 0 radical (unpaired) electrons. The lowest BCUT2D eigenvalue weighted by Crippen LogP contribution is -2.15. The summed E-state index contributed by atoms with van der Waals surface area (Å²) in [4.78, 5) is 23.3. The molecule has 1 saturated carbocycles. The fraction of sp³-hybridized carbons (Fsp3) is 0.333. The monoisotopic (exact) mass is 387 g/mol. The summed E-state index contributed by atoms with van der Waals surface area (Å²) in [5, 5.41) is 11.4. The van der Waals surface area contributed by atoms with E-state index in [-0.39, 0.29) is 17.4 Å². The van der Waals surface area contributed by atoms with Gasteiger partial charge in [0.05, 0.1) is 19.6 Å². The average molecular weight is 387 g/mol. The minimum absolute atomic E-state index is 0.0576. The number of ether oxygens (including phenoxy) is 2. The van der Waals surface area contributed by atoms with Crippen LogP contribution in [-0.4, -0.2) is 30.2 Å². The van der Waals surface area contributed by atoms with Crippen LogP contribution < -0.4 is 14.8 Å². The van der Waals surface area contributed by atoms with Crippen molar-refractivity contribution in [3.63, 3.8) is 0 Å². The van der Waals surface area contributed by atoms with Crippen LogP contribution in [0.2, 0.25) is 0 Å². The Morgan fingerprint density at radius 3 is 2.54 bits per heavy atom. The largest absolute Gasteiger partial charge is 0.493 e. The molecule has 6 nitrogen and oxygen atoms in total. The number of hydrogen-bond acceptors (Lipinski definition) is 4. The van der Waals surface area contributed by atoms with E-state index in [4.69, 9.17) is 14.6 Å². The molecule has 2 N–H and O–H groups in total. The van der Waals surface area contributed by atoms with Gasteiger partial charge in [-0.15, -0.1) is 0 Å². The molecule has 0 spiro atoms. The summed E-state index contributed by atoms with van der Waals surface area (Å²) in [6, 6.07) is 8.80. The van der Waals surface area contributed by atoms with E-state index in [1.807, 2.05) is 0 Å². The van der Waals surface area contributed by atoms with Crippen molar-refractivity contribution in [2.45, 2.75) is 38.2 Å². The van der Waals surface area contributed by atoms with Crippen LogP contribution in [0.4, 0.5) is 10.1 Å². The molecule has 1 amide bonds. The Balaban J connectivity index is 1.74. The van der Waals surface area contributed by atoms with Crippen molar-refractivity contribution in [1.82, 2.24) is 0 Å². The van der Waals surface area contributed by atoms with Crippen LogP contribution in [0.15, 0.2) is 36.4 Å². The predicted octanol–water partition coefficient (Wildman–Crippen LogP) is 4.04. The standard InChI is InChI=1S/C21H22FNO5/c1-27-18-9-7-14(10-19(18)28-16-4-2-3-5-16)21(26)23-15-8-6-13(11-20(24)25)17(22)12-15/h6-10,12,16H,2-5,11H2,1H3,(H,23,26)(H,24,25). The molecule has 2 aromatic carbocycles. The number of anilines is 1. The molecule has 7 heteroatoms. The van der Waals surface area contributed by atoms with Gasteiger partial charge < -0.3 is 19.9 Å². The zero-order valence-corrected chi connectivity index (χ0v) is 15.5. The van der Waals surface area contributed by atoms with E-state index >= 15 is 0 Å². The fourth-order valence-electron chi connectivity index (χ4n) is 3.23. The van der Waals surface area contributed by atoms with Gasteiger partial charge in [-0.25, -0.2) is 4.39 Å². The number of benzene rings is 2. The molecule has 28 heavy (non-hydrogen) atoms. The molecule has 0 atom stereocenters. The molecule has 0 aliphatic heterocycles. The molecule has 2 aromatic rings. The van der Waals surface area contributed by atoms with Gasteiger partial charge in [-0.2, -0.15) is 0 Å². The minimum atomic E-state index is -1.12. The molecule has 148 valence electrons. The van der Waals surface area contributed by atoms with Crippen LogP contribution in [0.25, 0.3) is 0 Å². The van der Waals surface area contributed by atoms with E-state index in [1.54, 1.807) is 18.2 Å². The number of hydrogen-bond donors (Lipinski definition) is 2. The van der Waals surface area contributed by atoms with Crippen molar-refractivity contribution in [2.75, 3.05) is 12.4 Å². The Morgan fingerprint density at radius 2 is 1.89 bits per heavy atom. The minimum Gasteiger partial charge on any atom is -0.493 e. The molecule has 1 aliphatic rings. The van der Waals surface area contributed by atoms with Crippen LogP contribution in [0.5, 0.6) is 11.5 Å². The molecule has 0 heterocycles. The number of carbonyl (C=O) groups excluding carboxylic acids is 1. The molecular weight excluding hydrogens is 365 g/mol. The predicted molar refractivity (Wildman–Crippen MR) is 102 cm³/mol. The molecule has 0 aromatic heterocycles. The van der Waals surface area contributed by atoms with Crippen molar-refractivity contribution in [1.29, 1.82) is 0 Å². The van der Waals surface area contributed by atoms with E-state index in [0.717, 1.165) is 31.7 Å². The first-order valence-corrected chi connectivity index (χ1v) is 9.12. The first-order valence-electron chi connectivity index (χ1n) is 9.12. The van der Waals surface area contributed by atoms with Crippen LogP contribution in [0.3, 0.4) is 0 Å². The number of amides is 1. The van der Waals surface area contributed by atoms with Gasteiger partial charge >= 0.3 is 5.97 Å². The molecule has 0 unspecified atom stereocenters. The number of aliphatic carboxylic acids is 1. The molecule has 0 bridgehead atoms. The second-order valence-corrected chi connectivity index (χ2v) is 6.72. The van der Waals surface area contributed by atoms with Gasteiger partial charge in [0.2, 0.25) is 0 Å². The van der Waals surface area contributed by atoms with Gasteiger partial charge in [0.1, 0.15) is 5.82 Å². The van der Waals surface area contributed by atoms with Crippen LogP contribution in [-0.2, 0) is 11.2 Å². The highest BCUT2D eigenvalue weighted by Crippen LogP contribution is 2.32. The summed E-state index contributed by atoms with van der Waals surface area (Å²) in [6.07, 6.45) is 3.89. The zero-order chi connectivity index (χ0) is 20.1. The van der Waals surface area contributed by atoms with Crippen LogP contribution in [0, 0.1) is 5.82 Å². The molecule has 1 fully saturated rings. The highest BCUT2D eigenvalue weighted by molar-refractivity contribution is 6.04. The second kappa shape index (κ2) is 8.73. The number of carbonyl (C=O) groups is 2. The maximum atomic E-state index is 14.0. The van der Waals surface area contributed by atoms with Crippen LogP contribution in [0.1, 0.15) is 41.6 Å². The third kappa shape index (κ3) is 4.79. The third-order valence-electron chi connectivity index (χ3n) is 4.67. The lowest BCUT2D eigenvalue weighted by molar-refractivity contribution is -0.136. The second-order valence-electron chi connectivity index (χ2n) is 6.72. The zero-order valence-electron chi connectivity index (χ0n) is 15.5. The Hall–Kier alpha value is -3.09. The summed E-state index contributed by atoms with van der Waals surface area (Å²) in [6.45, 7) is 0. The lowest BCUT2D eigenvalue weighted by Gasteiger charge is -2.17. The first kappa shape index (κ1) is 19.7.